The van der Waals surface area contributed by atoms with Gasteiger partial charge in [0.05, 0.1) is 0 Å². The summed E-state index contributed by atoms with van der Waals surface area (Å²) in [4.78, 5) is 0. The van der Waals surface area contributed by atoms with Crippen molar-refractivity contribution in [2.45, 2.75) is 31.3 Å². The van der Waals surface area contributed by atoms with E-state index in [0.29, 0.717) is 6.04 Å². The Morgan fingerprint density at radius 1 is 1.00 bits per heavy atom. The Hall–Kier alpha value is -1.60. The maximum Gasteiger partial charge on any atom is 0.0454 e. The van der Waals surface area contributed by atoms with Crippen molar-refractivity contribution in [1.29, 1.82) is 0 Å². The van der Waals surface area contributed by atoms with Gasteiger partial charge in [-0.15, -0.1) is 0 Å². The summed E-state index contributed by atoms with van der Waals surface area (Å²) >= 11 is 0. The van der Waals surface area contributed by atoms with Gasteiger partial charge in [-0.2, -0.15) is 0 Å². The van der Waals surface area contributed by atoms with Crippen LogP contribution < -0.4 is 5.32 Å². The molecule has 2 bridgehead atoms. The van der Waals surface area contributed by atoms with Crippen LogP contribution in [0, 0.1) is 0 Å². The molecule has 0 spiro atoms. The summed E-state index contributed by atoms with van der Waals surface area (Å²) in [5, 5.41) is 3.84. The molecule has 2 aliphatic rings. The average Bonchev–Trinajstić information content (AvgIpc) is 2.38. The molecule has 2 heterocycles. The molecule has 0 fully saturated rings. The van der Waals surface area contributed by atoms with E-state index in [1.807, 2.05) is 0 Å². The quantitative estimate of drug-likeness (QED) is 0.738. The monoisotopic (exact) mass is 235 g/mol. The van der Waals surface area contributed by atoms with Crippen molar-refractivity contribution in [3.05, 3.63) is 70.8 Å². The third kappa shape index (κ3) is 1.31. The molecule has 4 rings (SSSR count). The maximum atomic E-state index is 3.84. The lowest BCUT2D eigenvalue weighted by Crippen LogP contribution is -2.51. The third-order valence-corrected chi connectivity index (χ3v) is 4.50. The molecule has 2 atom stereocenters. The molecule has 0 saturated carbocycles. The summed E-state index contributed by atoms with van der Waals surface area (Å²) in [6.07, 6.45) is 2.21. The highest BCUT2D eigenvalue weighted by molar-refractivity contribution is 5.45. The minimum atomic E-state index is 0.105. The number of rotatable bonds is 0. The second-order valence-electron chi connectivity index (χ2n) is 5.77. The van der Waals surface area contributed by atoms with Gasteiger partial charge in [0.2, 0.25) is 0 Å². The van der Waals surface area contributed by atoms with E-state index >= 15 is 0 Å². The van der Waals surface area contributed by atoms with E-state index in [1.54, 1.807) is 0 Å². The third-order valence-electron chi connectivity index (χ3n) is 4.50. The van der Waals surface area contributed by atoms with Gasteiger partial charge in [-0.3, -0.25) is 0 Å². The minimum Gasteiger partial charge on any atom is -0.300 e. The summed E-state index contributed by atoms with van der Waals surface area (Å²) in [5.41, 5.74) is 6.10. The van der Waals surface area contributed by atoms with Gasteiger partial charge in [-0.1, -0.05) is 48.5 Å². The van der Waals surface area contributed by atoms with Crippen LogP contribution in [0.3, 0.4) is 0 Å². The van der Waals surface area contributed by atoms with Crippen LogP contribution in [-0.2, 0) is 18.4 Å². The van der Waals surface area contributed by atoms with E-state index in [4.69, 9.17) is 0 Å². The molecule has 1 nitrogen and oxygen atoms in total. The van der Waals surface area contributed by atoms with Gasteiger partial charge >= 0.3 is 0 Å². The van der Waals surface area contributed by atoms with E-state index in [1.165, 1.54) is 22.3 Å². The van der Waals surface area contributed by atoms with Crippen LogP contribution in [0.5, 0.6) is 0 Å². The molecule has 1 heteroatoms. The summed E-state index contributed by atoms with van der Waals surface area (Å²) in [6, 6.07) is 18.3. The zero-order valence-electron chi connectivity index (χ0n) is 10.6. The van der Waals surface area contributed by atoms with Gasteiger partial charge < -0.3 is 5.32 Å². The molecule has 0 saturated heterocycles. The molecule has 1 N–H and O–H groups in total. The minimum absolute atomic E-state index is 0.105. The second kappa shape index (κ2) is 3.46. The second-order valence-corrected chi connectivity index (χ2v) is 5.77. The first-order chi connectivity index (χ1) is 8.76. The van der Waals surface area contributed by atoms with Crippen LogP contribution in [-0.4, -0.2) is 0 Å². The summed E-state index contributed by atoms with van der Waals surface area (Å²) in [6.45, 7) is 2.34. The van der Waals surface area contributed by atoms with Gasteiger partial charge in [0.1, 0.15) is 0 Å². The van der Waals surface area contributed by atoms with Crippen molar-refractivity contribution >= 4 is 0 Å². The van der Waals surface area contributed by atoms with E-state index in [0.717, 1.165) is 12.8 Å². The van der Waals surface area contributed by atoms with Crippen molar-refractivity contribution < 1.29 is 0 Å². The molecule has 2 aromatic carbocycles. The van der Waals surface area contributed by atoms with E-state index in [-0.39, 0.29) is 5.54 Å². The molecule has 2 aromatic rings. The zero-order chi connectivity index (χ0) is 12.2. The van der Waals surface area contributed by atoms with Gasteiger partial charge in [-0.05, 0) is 42.0 Å². The van der Waals surface area contributed by atoms with E-state index in [2.05, 4.69) is 60.8 Å². The Balaban J connectivity index is 1.92. The van der Waals surface area contributed by atoms with Crippen LogP contribution in [0.25, 0.3) is 0 Å². The van der Waals surface area contributed by atoms with Gasteiger partial charge in [0.25, 0.3) is 0 Å². The lowest BCUT2D eigenvalue weighted by molar-refractivity contribution is 0.265. The number of fused-ring (bicyclic) bond motifs is 6. The molecule has 0 aromatic heterocycles. The lowest BCUT2D eigenvalue weighted by Gasteiger charge is -2.46. The van der Waals surface area contributed by atoms with Crippen molar-refractivity contribution in [2.75, 3.05) is 0 Å². The fourth-order valence-electron chi connectivity index (χ4n) is 3.72. The predicted molar refractivity (Wildman–Crippen MR) is 73.5 cm³/mol. The summed E-state index contributed by atoms with van der Waals surface area (Å²) in [5.74, 6) is 0. The average molecular weight is 235 g/mol. The Bertz CT molecular complexity index is 617. The smallest absolute Gasteiger partial charge is 0.0454 e. The molecule has 2 aliphatic heterocycles. The highest BCUT2D eigenvalue weighted by Gasteiger charge is 2.40. The molecule has 18 heavy (non-hydrogen) atoms. The van der Waals surface area contributed by atoms with Crippen LogP contribution in [0.1, 0.15) is 35.2 Å². The fraction of sp³-hybridized carbons (Fsp3) is 0.294. The highest BCUT2D eigenvalue weighted by atomic mass is 15.0. The molecule has 0 unspecified atom stereocenters. The van der Waals surface area contributed by atoms with E-state index < -0.39 is 0 Å². The molecular formula is C17H17N. The van der Waals surface area contributed by atoms with Gasteiger partial charge in [0, 0.05) is 11.6 Å². The molecular weight excluding hydrogens is 218 g/mol. The molecule has 90 valence electrons. The molecule has 0 radical (unpaired) electrons. The molecule has 0 aliphatic carbocycles. The number of hydrogen-bond donors (Lipinski definition) is 1. The Morgan fingerprint density at radius 3 is 2.61 bits per heavy atom. The zero-order valence-corrected chi connectivity index (χ0v) is 10.6. The van der Waals surface area contributed by atoms with Gasteiger partial charge in [0.15, 0.2) is 0 Å². The Kier molecular flexibility index (Phi) is 1.98. The first-order valence-corrected chi connectivity index (χ1v) is 6.70. The van der Waals surface area contributed by atoms with Crippen molar-refractivity contribution in [1.82, 2.24) is 5.32 Å². The number of hydrogen-bond acceptors (Lipinski definition) is 1. The van der Waals surface area contributed by atoms with Crippen molar-refractivity contribution in [2.24, 2.45) is 0 Å². The lowest BCUT2D eigenvalue weighted by atomic mass is 9.71. The molecule has 0 amide bonds. The highest BCUT2D eigenvalue weighted by Crippen LogP contribution is 2.43. The fourth-order valence-corrected chi connectivity index (χ4v) is 3.72. The first-order valence-electron chi connectivity index (χ1n) is 6.70. The Labute approximate surface area is 108 Å². The SMILES string of the molecule is C[C@]12Cc3ccccc3[C@H](Cc3ccccc31)N2. The number of nitrogens with one attached hydrogen (secondary N) is 1. The normalized spacial score (nSPS) is 28.4. The van der Waals surface area contributed by atoms with Crippen LogP contribution >= 0.6 is 0 Å². The van der Waals surface area contributed by atoms with Crippen LogP contribution in [0.15, 0.2) is 48.5 Å². The van der Waals surface area contributed by atoms with Crippen molar-refractivity contribution in [3.8, 4) is 0 Å². The van der Waals surface area contributed by atoms with Gasteiger partial charge in [-0.25, -0.2) is 0 Å². The first kappa shape index (κ1) is 10.3. The largest absolute Gasteiger partial charge is 0.300 e. The topological polar surface area (TPSA) is 12.0 Å². The summed E-state index contributed by atoms with van der Waals surface area (Å²) < 4.78 is 0. The van der Waals surface area contributed by atoms with E-state index in [9.17, 15) is 0 Å². The standard InChI is InChI=1S/C17H17N/c1-17-11-13-7-2-4-8-14(13)16(18-17)10-12-6-3-5-9-15(12)17/h2-9,16,18H,10-11H2,1H3/t16-,17-/m0/s1. The van der Waals surface area contributed by atoms with Crippen molar-refractivity contribution in [3.63, 3.8) is 0 Å². The summed E-state index contributed by atoms with van der Waals surface area (Å²) in [7, 11) is 0. The maximum absolute atomic E-state index is 3.84. The Morgan fingerprint density at radius 2 is 1.72 bits per heavy atom. The van der Waals surface area contributed by atoms with Crippen LogP contribution in [0.2, 0.25) is 0 Å². The van der Waals surface area contributed by atoms with Crippen LogP contribution in [0.4, 0.5) is 0 Å². The number of benzene rings is 2. The predicted octanol–water partition coefficient (Wildman–Crippen LogP) is 3.34.